The van der Waals surface area contributed by atoms with Crippen molar-refractivity contribution in [1.29, 1.82) is 0 Å². The van der Waals surface area contributed by atoms with E-state index in [4.69, 9.17) is 0 Å². The summed E-state index contributed by atoms with van der Waals surface area (Å²) in [6, 6.07) is 17.0. The van der Waals surface area contributed by atoms with Crippen LogP contribution in [0.4, 0.5) is 16.2 Å². The fourth-order valence-corrected chi connectivity index (χ4v) is 2.96. The predicted molar refractivity (Wildman–Crippen MR) is 110 cm³/mol. The molecule has 140 valence electrons. The Labute approximate surface area is 162 Å². The third-order valence-corrected chi connectivity index (χ3v) is 4.48. The number of hydrogen-bond acceptors (Lipinski definition) is 4. The van der Waals surface area contributed by atoms with E-state index in [0.29, 0.717) is 11.3 Å². The summed E-state index contributed by atoms with van der Waals surface area (Å²) in [6.45, 7) is 5.81. The average Bonchev–Trinajstić information content (AvgIpc) is 3.05. The Kier molecular flexibility index (Phi) is 4.49. The van der Waals surface area contributed by atoms with Crippen LogP contribution in [-0.2, 0) is 0 Å². The average molecular weight is 372 g/mol. The molecule has 7 heteroatoms. The number of nitrogens with one attached hydrogen (secondary N) is 2. The Morgan fingerprint density at radius 2 is 1.79 bits per heavy atom. The fraction of sp³-hybridized carbons (Fsp3) is 0.143. The van der Waals surface area contributed by atoms with Gasteiger partial charge in [0, 0.05) is 16.9 Å². The van der Waals surface area contributed by atoms with Crippen molar-refractivity contribution in [3.05, 3.63) is 71.5 Å². The van der Waals surface area contributed by atoms with E-state index in [1.54, 1.807) is 4.52 Å². The Hall–Kier alpha value is -3.74. The Morgan fingerprint density at radius 3 is 2.64 bits per heavy atom. The molecule has 4 aromatic rings. The standard InChI is InChI=1S/C21H20N6O/c1-13-7-8-14(2)19(11-13)23-21(28)22-17-6-4-5-16(12-17)18-9-10-20-25-24-15(3)27(20)26-18/h4-12H,1-3H3,(H2,22,23,28). The highest BCUT2D eigenvalue weighted by molar-refractivity contribution is 6.00. The van der Waals surface area contributed by atoms with Gasteiger partial charge < -0.3 is 10.6 Å². The first kappa shape index (κ1) is 17.7. The number of benzene rings is 2. The first-order chi connectivity index (χ1) is 13.5. The van der Waals surface area contributed by atoms with Crippen LogP contribution in [-0.4, -0.2) is 25.8 Å². The lowest BCUT2D eigenvalue weighted by molar-refractivity contribution is 0.262. The molecule has 0 fully saturated rings. The molecule has 2 aromatic heterocycles. The lowest BCUT2D eigenvalue weighted by Crippen LogP contribution is -2.20. The third-order valence-electron chi connectivity index (χ3n) is 4.48. The summed E-state index contributed by atoms with van der Waals surface area (Å²) >= 11 is 0. The van der Waals surface area contributed by atoms with Crippen LogP contribution in [0.5, 0.6) is 0 Å². The van der Waals surface area contributed by atoms with E-state index >= 15 is 0 Å². The van der Waals surface area contributed by atoms with Crippen molar-refractivity contribution >= 4 is 23.1 Å². The van der Waals surface area contributed by atoms with Crippen molar-refractivity contribution in [3.63, 3.8) is 0 Å². The van der Waals surface area contributed by atoms with Crippen molar-refractivity contribution in [2.75, 3.05) is 10.6 Å². The molecule has 0 atom stereocenters. The summed E-state index contributed by atoms with van der Waals surface area (Å²) in [5.74, 6) is 0.721. The van der Waals surface area contributed by atoms with Gasteiger partial charge in [0.2, 0.25) is 0 Å². The molecule has 0 aliphatic heterocycles. The van der Waals surface area contributed by atoms with Gasteiger partial charge in [-0.15, -0.1) is 10.2 Å². The molecule has 0 unspecified atom stereocenters. The van der Waals surface area contributed by atoms with Crippen LogP contribution in [0, 0.1) is 20.8 Å². The van der Waals surface area contributed by atoms with Crippen molar-refractivity contribution in [2.24, 2.45) is 0 Å². The van der Waals surface area contributed by atoms with Gasteiger partial charge in [0.05, 0.1) is 5.69 Å². The molecule has 2 N–H and O–H groups in total. The summed E-state index contributed by atoms with van der Waals surface area (Å²) in [4.78, 5) is 12.4. The first-order valence-corrected chi connectivity index (χ1v) is 8.94. The molecule has 2 amide bonds. The molecule has 2 heterocycles. The summed E-state index contributed by atoms with van der Waals surface area (Å²) in [5.41, 5.74) is 5.94. The van der Waals surface area contributed by atoms with Crippen LogP contribution in [0.25, 0.3) is 16.9 Å². The second kappa shape index (κ2) is 7.11. The van der Waals surface area contributed by atoms with Crippen molar-refractivity contribution in [3.8, 4) is 11.3 Å². The van der Waals surface area contributed by atoms with Crippen LogP contribution in [0.3, 0.4) is 0 Å². The molecular weight excluding hydrogens is 352 g/mol. The van der Waals surface area contributed by atoms with Crippen molar-refractivity contribution in [1.82, 2.24) is 19.8 Å². The first-order valence-electron chi connectivity index (χ1n) is 8.94. The maximum atomic E-state index is 12.4. The maximum Gasteiger partial charge on any atom is 0.323 e. The molecule has 0 saturated heterocycles. The number of urea groups is 1. The van der Waals surface area contributed by atoms with Crippen LogP contribution in [0.2, 0.25) is 0 Å². The van der Waals surface area contributed by atoms with Gasteiger partial charge in [-0.05, 0) is 62.2 Å². The largest absolute Gasteiger partial charge is 0.323 e. The summed E-state index contributed by atoms with van der Waals surface area (Å²) in [5, 5.41) is 18.4. The van der Waals surface area contributed by atoms with Gasteiger partial charge in [-0.2, -0.15) is 9.61 Å². The highest BCUT2D eigenvalue weighted by Crippen LogP contribution is 2.22. The zero-order chi connectivity index (χ0) is 19.7. The van der Waals surface area contributed by atoms with E-state index in [-0.39, 0.29) is 6.03 Å². The van der Waals surface area contributed by atoms with Crippen LogP contribution in [0.1, 0.15) is 17.0 Å². The second-order valence-electron chi connectivity index (χ2n) is 6.71. The summed E-state index contributed by atoms with van der Waals surface area (Å²) in [7, 11) is 0. The van der Waals surface area contributed by atoms with Crippen LogP contribution >= 0.6 is 0 Å². The lowest BCUT2D eigenvalue weighted by atomic mass is 10.1. The minimum atomic E-state index is -0.288. The number of aromatic nitrogens is 4. The third kappa shape index (κ3) is 3.55. The van der Waals surface area contributed by atoms with E-state index in [1.165, 1.54) is 0 Å². The maximum absolute atomic E-state index is 12.4. The molecule has 28 heavy (non-hydrogen) atoms. The van der Waals surface area contributed by atoms with Gasteiger partial charge in [0.15, 0.2) is 11.5 Å². The van der Waals surface area contributed by atoms with Gasteiger partial charge in [-0.3, -0.25) is 0 Å². The minimum Gasteiger partial charge on any atom is -0.308 e. The summed E-state index contributed by atoms with van der Waals surface area (Å²) < 4.78 is 1.70. The smallest absolute Gasteiger partial charge is 0.308 e. The summed E-state index contributed by atoms with van der Waals surface area (Å²) in [6.07, 6.45) is 0. The number of fused-ring (bicyclic) bond motifs is 1. The van der Waals surface area contributed by atoms with E-state index in [2.05, 4.69) is 25.9 Å². The molecule has 2 aromatic carbocycles. The number of hydrogen-bond donors (Lipinski definition) is 2. The fourth-order valence-electron chi connectivity index (χ4n) is 2.96. The highest BCUT2D eigenvalue weighted by Gasteiger charge is 2.09. The van der Waals surface area contributed by atoms with Gasteiger partial charge in [-0.25, -0.2) is 4.79 Å². The van der Waals surface area contributed by atoms with Gasteiger partial charge in [0.25, 0.3) is 0 Å². The highest BCUT2D eigenvalue weighted by atomic mass is 16.2. The quantitative estimate of drug-likeness (QED) is 0.560. The monoisotopic (exact) mass is 372 g/mol. The van der Waals surface area contributed by atoms with Gasteiger partial charge >= 0.3 is 6.03 Å². The topological polar surface area (TPSA) is 84.2 Å². The van der Waals surface area contributed by atoms with Crippen LogP contribution in [0.15, 0.2) is 54.6 Å². The van der Waals surface area contributed by atoms with Gasteiger partial charge in [-0.1, -0.05) is 24.3 Å². The normalized spacial score (nSPS) is 10.8. The van der Waals surface area contributed by atoms with E-state index in [0.717, 1.165) is 33.9 Å². The molecule has 0 bridgehead atoms. The molecule has 0 aliphatic rings. The number of rotatable bonds is 3. The predicted octanol–water partition coefficient (Wildman–Crippen LogP) is 4.36. The number of amides is 2. The minimum absolute atomic E-state index is 0.288. The van der Waals surface area contributed by atoms with Crippen molar-refractivity contribution < 1.29 is 4.79 Å². The number of anilines is 2. The Balaban J connectivity index is 1.55. The molecule has 0 aliphatic carbocycles. The number of carbonyl (C=O) groups is 1. The SMILES string of the molecule is Cc1ccc(C)c(NC(=O)Nc2cccc(-c3ccc4nnc(C)n4n3)c2)c1. The van der Waals surface area contributed by atoms with Gasteiger partial charge in [0.1, 0.15) is 0 Å². The van der Waals surface area contributed by atoms with Crippen LogP contribution < -0.4 is 10.6 Å². The number of carbonyl (C=O) groups excluding carboxylic acids is 1. The molecule has 4 rings (SSSR count). The Morgan fingerprint density at radius 1 is 0.929 bits per heavy atom. The van der Waals surface area contributed by atoms with E-state index < -0.39 is 0 Å². The van der Waals surface area contributed by atoms with E-state index in [9.17, 15) is 4.79 Å². The Bertz CT molecular complexity index is 1180. The second-order valence-corrected chi connectivity index (χ2v) is 6.71. The number of nitrogens with zero attached hydrogens (tertiary/aromatic N) is 4. The molecule has 0 spiro atoms. The lowest BCUT2D eigenvalue weighted by Gasteiger charge is -2.11. The zero-order valence-corrected chi connectivity index (χ0v) is 15.9. The molecule has 0 saturated carbocycles. The van der Waals surface area contributed by atoms with E-state index in [1.807, 2.05) is 75.4 Å². The zero-order valence-electron chi connectivity index (χ0n) is 15.9. The van der Waals surface area contributed by atoms with Crippen molar-refractivity contribution in [2.45, 2.75) is 20.8 Å². The number of aryl methyl sites for hydroxylation is 3. The molecular formula is C21H20N6O. The molecule has 7 nitrogen and oxygen atoms in total. The molecule has 0 radical (unpaired) electrons.